The average molecular weight is 260 g/mol. The Labute approximate surface area is 110 Å². The van der Waals surface area contributed by atoms with Crippen molar-refractivity contribution < 1.29 is 13.9 Å². The van der Waals surface area contributed by atoms with Gasteiger partial charge >= 0.3 is 0 Å². The summed E-state index contributed by atoms with van der Waals surface area (Å²) in [6.45, 7) is 2.81. The summed E-state index contributed by atoms with van der Waals surface area (Å²) in [7, 11) is 0. The largest absolute Gasteiger partial charge is 0.451 e. The molecule has 5 nitrogen and oxygen atoms in total. The minimum atomic E-state index is -0.203. The molecule has 5 heteroatoms. The van der Waals surface area contributed by atoms with Gasteiger partial charge in [-0.3, -0.25) is 4.79 Å². The van der Waals surface area contributed by atoms with E-state index >= 15 is 0 Å². The quantitative estimate of drug-likeness (QED) is 0.869. The molecule has 1 aromatic heterocycles. The van der Waals surface area contributed by atoms with Crippen molar-refractivity contribution in [1.29, 1.82) is 0 Å². The third-order valence-electron chi connectivity index (χ3n) is 3.14. The zero-order valence-electron chi connectivity index (χ0n) is 10.5. The van der Waals surface area contributed by atoms with Crippen LogP contribution in [0.15, 0.2) is 34.7 Å². The summed E-state index contributed by atoms with van der Waals surface area (Å²) < 4.78 is 11.0. The van der Waals surface area contributed by atoms with Crippen LogP contribution in [0.4, 0.5) is 0 Å². The van der Waals surface area contributed by atoms with Gasteiger partial charge in [0.05, 0.1) is 12.7 Å². The molecule has 19 heavy (non-hydrogen) atoms. The first-order valence-electron chi connectivity index (χ1n) is 6.42. The van der Waals surface area contributed by atoms with E-state index in [4.69, 9.17) is 9.15 Å². The number of nitrogens with one attached hydrogen (secondary N) is 2. The third-order valence-corrected chi connectivity index (χ3v) is 3.14. The lowest BCUT2D eigenvalue weighted by atomic mass is 10.2. The molecule has 2 N–H and O–H groups in total. The Morgan fingerprint density at radius 2 is 2.32 bits per heavy atom. The highest BCUT2D eigenvalue weighted by atomic mass is 16.5. The van der Waals surface area contributed by atoms with E-state index in [0.717, 1.165) is 24.1 Å². The molecule has 2 aromatic rings. The number of ether oxygens (including phenoxy) is 1. The van der Waals surface area contributed by atoms with Crippen LogP contribution in [0, 0.1) is 0 Å². The lowest BCUT2D eigenvalue weighted by molar-refractivity contribution is 0.0285. The molecular formula is C14H16N2O3. The molecule has 0 aliphatic carbocycles. The number of carbonyl (C=O) groups excluding carboxylic acids is 1. The minimum absolute atomic E-state index is 0.0297. The molecule has 1 amide bonds. The van der Waals surface area contributed by atoms with Gasteiger partial charge in [0.15, 0.2) is 5.76 Å². The summed E-state index contributed by atoms with van der Waals surface area (Å²) in [5.74, 6) is 0.135. The normalized spacial score (nSPS) is 19.5. The van der Waals surface area contributed by atoms with Gasteiger partial charge in [-0.1, -0.05) is 18.2 Å². The van der Waals surface area contributed by atoms with E-state index in [9.17, 15) is 4.79 Å². The standard InChI is InChI=1S/C14H16N2O3/c17-14(16-9-11-8-15-5-6-18-11)13-7-10-3-1-2-4-12(10)19-13/h1-4,7,11,15H,5-6,8-9H2,(H,16,17). The fraction of sp³-hybridized carbons (Fsp3) is 0.357. The van der Waals surface area contributed by atoms with E-state index in [1.54, 1.807) is 6.07 Å². The molecule has 0 bridgehead atoms. The number of para-hydroxylation sites is 1. The van der Waals surface area contributed by atoms with Crippen LogP contribution >= 0.6 is 0 Å². The van der Waals surface area contributed by atoms with Crippen molar-refractivity contribution in [3.05, 3.63) is 36.1 Å². The zero-order valence-corrected chi connectivity index (χ0v) is 10.5. The van der Waals surface area contributed by atoms with Gasteiger partial charge in [0.1, 0.15) is 5.58 Å². The molecule has 2 heterocycles. The summed E-state index contributed by atoms with van der Waals surface area (Å²) in [6.07, 6.45) is 0.0297. The Balaban J connectivity index is 1.63. The topological polar surface area (TPSA) is 63.5 Å². The number of amides is 1. The Morgan fingerprint density at radius 3 is 3.11 bits per heavy atom. The minimum Gasteiger partial charge on any atom is -0.451 e. The van der Waals surface area contributed by atoms with Gasteiger partial charge in [-0.2, -0.15) is 0 Å². The lowest BCUT2D eigenvalue weighted by Gasteiger charge is -2.23. The smallest absolute Gasteiger partial charge is 0.287 e. The van der Waals surface area contributed by atoms with Crippen LogP contribution in [0.2, 0.25) is 0 Å². The van der Waals surface area contributed by atoms with E-state index in [1.807, 2.05) is 24.3 Å². The number of fused-ring (bicyclic) bond motifs is 1. The SMILES string of the molecule is O=C(NCC1CNCCO1)c1cc2ccccc2o1. The van der Waals surface area contributed by atoms with Crippen molar-refractivity contribution in [2.24, 2.45) is 0 Å². The number of hydrogen-bond acceptors (Lipinski definition) is 4. The van der Waals surface area contributed by atoms with Gasteiger partial charge in [0, 0.05) is 25.0 Å². The monoisotopic (exact) mass is 260 g/mol. The molecule has 1 fully saturated rings. The second-order valence-electron chi connectivity index (χ2n) is 4.56. The molecule has 0 saturated carbocycles. The molecule has 0 spiro atoms. The molecule has 0 radical (unpaired) electrons. The number of hydrogen-bond donors (Lipinski definition) is 2. The van der Waals surface area contributed by atoms with Gasteiger partial charge < -0.3 is 19.8 Å². The summed E-state index contributed by atoms with van der Waals surface area (Å²) >= 11 is 0. The molecule has 1 aromatic carbocycles. The van der Waals surface area contributed by atoms with E-state index in [2.05, 4.69) is 10.6 Å². The maximum absolute atomic E-state index is 12.0. The zero-order chi connectivity index (χ0) is 13.1. The fourth-order valence-corrected chi connectivity index (χ4v) is 2.14. The Bertz CT molecular complexity index is 540. The summed E-state index contributed by atoms with van der Waals surface area (Å²) in [4.78, 5) is 12.0. The van der Waals surface area contributed by atoms with Crippen LogP contribution in [0.25, 0.3) is 11.0 Å². The van der Waals surface area contributed by atoms with Crippen molar-refractivity contribution in [2.45, 2.75) is 6.10 Å². The Hall–Kier alpha value is -1.85. The summed E-state index contributed by atoms with van der Waals surface area (Å²) in [5.41, 5.74) is 0.725. The van der Waals surface area contributed by atoms with Crippen LogP contribution in [-0.2, 0) is 4.74 Å². The molecule has 1 aliphatic rings. The third kappa shape index (κ3) is 2.77. The average Bonchev–Trinajstić information content (AvgIpc) is 2.90. The molecule has 1 atom stereocenters. The number of benzene rings is 1. The number of furan rings is 1. The molecule has 1 unspecified atom stereocenters. The maximum atomic E-state index is 12.0. The van der Waals surface area contributed by atoms with Gasteiger partial charge in [-0.25, -0.2) is 0 Å². The number of morpholine rings is 1. The van der Waals surface area contributed by atoms with Crippen LogP contribution in [-0.4, -0.2) is 38.3 Å². The Morgan fingerprint density at radius 1 is 1.42 bits per heavy atom. The predicted octanol–water partition coefficient (Wildman–Crippen LogP) is 1.15. The van der Waals surface area contributed by atoms with Crippen molar-refractivity contribution in [1.82, 2.24) is 10.6 Å². The second-order valence-corrected chi connectivity index (χ2v) is 4.56. The highest BCUT2D eigenvalue weighted by Crippen LogP contribution is 2.18. The van der Waals surface area contributed by atoms with E-state index < -0.39 is 0 Å². The van der Waals surface area contributed by atoms with Gasteiger partial charge in [0.2, 0.25) is 0 Å². The predicted molar refractivity (Wildman–Crippen MR) is 71.2 cm³/mol. The first-order chi connectivity index (χ1) is 9.33. The Kier molecular flexibility index (Phi) is 3.48. The van der Waals surface area contributed by atoms with Gasteiger partial charge in [-0.05, 0) is 12.1 Å². The van der Waals surface area contributed by atoms with E-state index in [0.29, 0.717) is 18.9 Å². The van der Waals surface area contributed by atoms with Crippen molar-refractivity contribution >= 4 is 16.9 Å². The first-order valence-corrected chi connectivity index (χ1v) is 6.42. The van der Waals surface area contributed by atoms with Crippen LogP contribution in [0.1, 0.15) is 10.6 Å². The second kappa shape index (κ2) is 5.42. The molecule has 100 valence electrons. The molecular weight excluding hydrogens is 244 g/mol. The van der Waals surface area contributed by atoms with Crippen molar-refractivity contribution in [3.8, 4) is 0 Å². The first kappa shape index (κ1) is 12.2. The van der Waals surface area contributed by atoms with Gasteiger partial charge in [0.25, 0.3) is 5.91 Å². The van der Waals surface area contributed by atoms with Gasteiger partial charge in [-0.15, -0.1) is 0 Å². The lowest BCUT2D eigenvalue weighted by Crippen LogP contribution is -2.45. The van der Waals surface area contributed by atoms with Crippen molar-refractivity contribution in [3.63, 3.8) is 0 Å². The van der Waals surface area contributed by atoms with Crippen LogP contribution in [0.5, 0.6) is 0 Å². The van der Waals surface area contributed by atoms with Crippen LogP contribution in [0.3, 0.4) is 0 Å². The van der Waals surface area contributed by atoms with Crippen LogP contribution < -0.4 is 10.6 Å². The highest BCUT2D eigenvalue weighted by Gasteiger charge is 2.16. The summed E-state index contributed by atoms with van der Waals surface area (Å²) in [6, 6.07) is 9.32. The van der Waals surface area contributed by atoms with Crippen molar-refractivity contribution in [2.75, 3.05) is 26.2 Å². The summed E-state index contributed by atoms with van der Waals surface area (Å²) in [5, 5.41) is 6.99. The highest BCUT2D eigenvalue weighted by molar-refractivity contribution is 5.96. The number of carbonyl (C=O) groups is 1. The maximum Gasteiger partial charge on any atom is 0.287 e. The number of rotatable bonds is 3. The molecule has 1 saturated heterocycles. The fourth-order valence-electron chi connectivity index (χ4n) is 2.14. The van der Waals surface area contributed by atoms with E-state index in [1.165, 1.54) is 0 Å². The molecule has 3 rings (SSSR count). The van der Waals surface area contributed by atoms with E-state index in [-0.39, 0.29) is 12.0 Å². The molecule has 1 aliphatic heterocycles.